The molecule has 0 aliphatic carbocycles. The van der Waals surface area contributed by atoms with E-state index in [0.717, 1.165) is 17.5 Å². The summed E-state index contributed by atoms with van der Waals surface area (Å²) in [5.74, 6) is -0.117. The van der Waals surface area contributed by atoms with Gasteiger partial charge in [0.05, 0.1) is 6.04 Å². The lowest BCUT2D eigenvalue weighted by Crippen LogP contribution is -2.33. The molecule has 3 rings (SSSR count). The minimum absolute atomic E-state index is 0.0431. The number of carbonyl (C=O) groups is 1. The average molecular weight is 333 g/mol. The molecular formula is C22H23NO2. The molecule has 0 aromatic heterocycles. The number of amides is 1. The summed E-state index contributed by atoms with van der Waals surface area (Å²) in [5, 5.41) is 5.51. The summed E-state index contributed by atoms with van der Waals surface area (Å²) in [7, 11) is 1.56. The Labute approximate surface area is 148 Å². The molecule has 1 amide bonds. The molecule has 2 atom stereocenters. The van der Waals surface area contributed by atoms with Gasteiger partial charge < -0.3 is 10.1 Å². The lowest BCUT2D eigenvalue weighted by Gasteiger charge is -2.22. The summed E-state index contributed by atoms with van der Waals surface area (Å²) >= 11 is 0. The van der Waals surface area contributed by atoms with Crippen molar-refractivity contribution >= 4 is 16.7 Å². The predicted molar refractivity (Wildman–Crippen MR) is 101 cm³/mol. The zero-order valence-corrected chi connectivity index (χ0v) is 14.6. The zero-order valence-electron chi connectivity index (χ0n) is 14.6. The van der Waals surface area contributed by atoms with Gasteiger partial charge in [-0.15, -0.1) is 0 Å². The van der Waals surface area contributed by atoms with Gasteiger partial charge in [0.15, 0.2) is 6.10 Å². The fourth-order valence-electron chi connectivity index (χ4n) is 3.12. The molecule has 128 valence electrons. The predicted octanol–water partition coefficient (Wildman–Crippen LogP) is 4.79. The molecule has 3 heteroatoms. The lowest BCUT2D eigenvalue weighted by atomic mass is 9.99. The van der Waals surface area contributed by atoms with Gasteiger partial charge in [-0.3, -0.25) is 4.79 Å². The summed E-state index contributed by atoms with van der Waals surface area (Å²) in [6.07, 6.45) is 0.214. The van der Waals surface area contributed by atoms with Crippen molar-refractivity contribution in [3.63, 3.8) is 0 Å². The summed E-state index contributed by atoms with van der Waals surface area (Å²) in [5.41, 5.74) is 1.97. The first-order chi connectivity index (χ1) is 12.2. The number of fused-ring (bicyclic) bond motifs is 1. The van der Waals surface area contributed by atoms with E-state index in [2.05, 4.69) is 42.6 Å². The van der Waals surface area contributed by atoms with Gasteiger partial charge in [-0.2, -0.15) is 0 Å². The van der Waals surface area contributed by atoms with Crippen molar-refractivity contribution in [3.8, 4) is 0 Å². The first kappa shape index (κ1) is 17.2. The summed E-state index contributed by atoms with van der Waals surface area (Å²) < 4.78 is 5.44. The number of hydrogen-bond donors (Lipinski definition) is 1. The third kappa shape index (κ3) is 3.89. The standard InChI is InChI=1S/C22H23NO2/c1-3-20(19-14-13-16-9-7-8-12-18(16)15-19)23-22(24)21(25-2)17-10-5-4-6-11-17/h4-15,20-21H,3H2,1-2H3,(H,23,24)/t20-,21+/m1/s1. The monoisotopic (exact) mass is 333 g/mol. The van der Waals surface area contributed by atoms with Gasteiger partial charge in [0.25, 0.3) is 5.91 Å². The minimum atomic E-state index is -0.601. The first-order valence-electron chi connectivity index (χ1n) is 8.59. The highest BCUT2D eigenvalue weighted by Crippen LogP contribution is 2.24. The van der Waals surface area contributed by atoms with E-state index >= 15 is 0 Å². The van der Waals surface area contributed by atoms with Crippen LogP contribution in [0.5, 0.6) is 0 Å². The van der Waals surface area contributed by atoms with Crippen molar-refractivity contribution in [1.29, 1.82) is 0 Å². The van der Waals surface area contributed by atoms with Crippen LogP contribution < -0.4 is 5.32 Å². The van der Waals surface area contributed by atoms with Gasteiger partial charge in [-0.1, -0.05) is 73.7 Å². The smallest absolute Gasteiger partial charge is 0.254 e. The van der Waals surface area contributed by atoms with Crippen molar-refractivity contribution in [2.24, 2.45) is 0 Å². The highest BCUT2D eigenvalue weighted by molar-refractivity contribution is 5.84. The maximum absolute atomic E-state index is 12.7. The van der Waals surface area contributed by atoms with Crippen LogP contribution >= 0.6 is 0 Å². The van der Waals surface area contributed by atoms with Crippen molar-refractivity contribution in [2.45, 2.75) is 25.5 Å². The maximum Gasteiger partial charge on any atom is 0.254 e. The molecule has 0 aliphatic rings. The Bertz CT molecular complexity index is 845. The van der Waals surface area contributed by atoms with Crippen LogP contribution in [0.2, 0.25) is 0 Å². The second-order valence-corrected chi connectivity index (χ2v) is 6.10. The Morgan fingerprint density at radius 3 is 2.28 bits per heavy atom. The highest BCUT2D eigenvalue weighted by atomic mass is 16.5. The van der Waals surface area contributed by atoms with E-state index in [1.807, 2.05) is 42.5 Å². The molecular weight excluding hydrogens is 310 g/mol. The van der Waals surface area contributed by atoms with E-state index in [9.17, 15) is 4.79 Å². The van der Waals surface area contributed by atoms with E-state index in [1.54, 1.807) is 7.11 Å². The van der Waals surface area contributed by atoms with E-state index in [0.29, 0.717) is 0 Å². The number of carbonyl (C=O) groups excluding carboxylic acids is 1. The van der Waals surface area contributed by atoms with Crippen LogP contribution in [0.15, 0.2) is 72.8 Å². The Morgan fingerprint density at radius 1 is 0.920 bits per heavy atom. The Balaban J connectivity index is 1.81. The van der Waals surface area contributed by atoms with Crippen molar-refractivity contribution in [2.75, 3.05) is 7.11 Å². The second kappa shape index (κ2) is 7.95. The molecule has 1 N–H and O–H groups in total. The van der Waals surface area contributed by atoms with Gasteiger partial charge >= 0.3 is 0 Å². The molecule has 0 bridgehead atoms. The van der Waals surface area contributed by atoms with Crippen LogP contribution in [0.3, 0.4) is 0 Å². The van der Waals surface area contributed by atoms with E-state index in [4.69, 9.17) is 4.74 Å². The molecule has 3 aromatic rings. The molecule has 0 aliphatic heterocycles. The van der Waals surface area contributed by atoms with Crippen LogP contribution in [0, 0.1) is 0 Å². The summed E-state index contributed by atoms with van der Waals surface area (Å²) in [4.78, 5) is 12.7. The Morgan fingerprint density at radius 2 is 1.60 bits per heavy atom. The van der Waals surface area contributed by atoms with Crippen LogP contribution in [0.4, 0.5) is 0 Å². The molecule has 0 radical (unpaired) electrons. The van der Waals surface area contributed by atoms with Gasteiger partial charge in [-0.05, 0) is 34.4 Å². The van der Waals surface area contributed by atoms with E-state index in [-0.39, 0.29) is 11.9 Å². The molecule has 3 aromatic carbocycles. The number of benzene rings is 3. The quantitative estimate of drug-likeness (QED) is 0.704. The van der Waals surface area contributed by atoms with E-state index < -0.39 is 6.10 Å². The molecule has 3 nitrogen and oxygen atoms in total. The largest absolute Gasteiger partial charge is 0.367 e. The number of nitrogens with one attached hydrogen (secondary N) is 1. The fourth-order valence-corrected chi connectivity index (χ4v) is 3.12. The Kier molecular flexibility index (Phi) is 5.46. The van der Waals surface area contributed by atoms with Crippen LogP contribution in [0.25, 0.3) is 10.8 Å². The second-order valence-electron chi connectivity index (χ2n) is 6.10. The van der Waals surface area contributed by atoms with Crippen LogP contribution in [-0.4, -0.2) is 13.0 Å². The third-order valence-corrected chi connectivity index (χ3v) is 4.48. The number of methoxy groups -OCH3 is 1. The van der Waals surface area contributed by atoms with Gasteiger partial charge in [0, 0.05) is 7.11 Å². The van der Waals surface area contributed by atoms with Crippen molar-refractivity contribution < 1.29 is 9.53 Å². The van der Waals surface area contributed by atoms with Gasteiger partial charge in [0.1, 0.15) is 0 Å². The van der Waals surface area contributed by atoms with Crippen LogP contribution in [-0.2, 0) is 9.53 Å². The average Bonchev–Trinajstić information content (AvgIpc) is 2.67. The zero-order chi connectivity index (χ0) is 17.6. The fraction of sp³-hybridized carbons (Fsp3) is 0.227. The maximum atomic E-state index is 12.7. The molecule has 0 saturated carbocycles. The van der Waals surface area contributed by atoms with Gasteiger partial charge in [-0.25, -0.2) is 0 Å². The van der Waals surface area contributed by atoms with Gasteiger partial charge in [0.2, 0.25) is 0 Å². The highest BCUT2D eigenvalue weighted by Gasteiger charge is 2.22. The van der Waals surface area contributed by atoms with Crippen molar-refractivity contribution in [3.05, 3.63) is 83.9 Å². The minimum Gasteiger partial charge on any atom is -0.367 e. The Hall–Kier alpha value is -2.65. The van der Waals surface area contributed by atoms with Crippen molar-refractivity contribution in [1.82, 2.24) is 5.32 Å². The third-order valence-electron chi connectivity index (χ3n) is 4.48. The summed E-state index contributed by atoms with van der Waals surface area (Å²) in [6, 6.07) is 24.1. The molecule has 0 spiro atoms. The van der Waals surface area contributed by atoms with E-state index in [1.165, 1.54) is 10.8 Å². The molecule has 0 fully saturated rings. The SMILES string of the molecule is CC[C@@H](NC(=O)[C@@H](OC)c1ccccc1)c1ccc2ccccc2c1. The molecule has 0 unspecified atom stereocenters. The summed E-state index contributed by atoms with van der Waals surface area (Å²) in [6.45, 7) is 2.07. The lowest BCUT2D eigenvalue weighted by molar-refractivity contribution is -0.132. The molecule has 0 saturated heterocycles. The first-order valence-corrected chi connectivity index (χ1v) is 8.59. The number of hydrogen-bond acceptors (Lipinski definition) is 2. The number of rotatable bonds is 6. The number of ether oxygens (including phenoxy) is 1. The molecule has 25 heavy (non-hydrogen) atoms. The topological polar surface area (TPSA) is 38.3 Å². The molecule has 0 heterocycles. The normalized spacial score (nSPS) is 13.4. The van der Waals surface area contributed by atoms with Crippen LogP contribution in [0.1, 0.15) is 36.6 Å².